The van der Waals surface area contributed by atoms with Gasteiger partial charge in [-0.05, 0) is 85.7 Å². The highest BCUT2D eigenvalue weighted by molar-refractivity contribution is 8.93. The molecule has 1 unspecified atom stereocenters. The average molecular weight is 530 g/mol. The molecule has 0 aromatic heterocycles. The Balaban J connectivity index is 0.00000274. The number of piperazine rings is 1. The van der Waals surface area contributed by atoms with Gasteiger partial charge in [-0.25, -0.2) is 0 Å². The fraction of sp³-hybridized carbons (Fsp3) is 0.519. The van der Waals surface area contributed by atoms with Crippen molar-refractivity contribution < 1.29 is 9.53 Å². The number of rotatable bonds is 4. The molecule has 3 aliphatic rings. The van der Waals surface area contributed by atoms with Crippen LogP contribution in [0.25, 0.3) is 0 Å². The molecule has 7 heteroatoms. The largest absolute Gasteiger partial charge is 0.378 e. The number of anilines is 2. The van der Waals surface area contributed by atoms with E-state index < -0.39 is 0 Å². The number of primary amides is 1. The number of amides is 1. The summed E-state index contributed by atoms with van der Waals surface area (Å²) in [7, 11) is 2.20. The highest BCUT2D eigenvalue weighted by Crippen LogP contribution is 2.41. The Labute approximate surface area is 213 Å². The van der Waals surface area contributed by atoms with E-state index in [0.29, 0.717) is 11.5 Å². The molecular formula is C27H37BrN4O2. The molecule has 1 amide bonds. The van der Waals surface area contributed by atoms with Crippen LogP contribution in [0.15, 0.2) is 30.3 Å². The molecule has 2 aliphatic heterocycles. The number of fused-ring (bicyclic) bond motifs is 1. The van der Waals surface area contributed by atoms with Crippen LogP contribution in [0, 0.1) is 6.92 Å². The zero-order valence-electron chi connectivity index (χ0n) is 20.4. The summed E-state index contributed by atoms with van der Waals surface area (Å²) in [6.45, 7) is 9.82. The number of nitrogens with zero attached hydrogens (tertiary/aromatic N) is 3. The van der Waals surface area contributed by atoms with Gasteiger partial charge in [0.1, 0.15) is 0 Å². The average Bonchev–Trinajstić information content (AvgIpc) is 2.85. The smallest absolute Gasteiger partial charge is 0.248 e. The maximum Gasteiger partial charge on any atom is 0.248 e. The minimum absolute atomic E-state index is 0. The molecule has 0 bridgehead atoms. The lowest BCUT2D eigenvalue weighted by atomic mass is 9.76. The third-order valence-electron chi connectivity index (χ3n) is 7.79. The van der Waals surface area contributed by atoms with Gasteiger partial charge in [-0.3, -0.25) is 4.79 Å². The van der Waals surface area contributed by atoms with E-state index in [1.54, 1.807) is 0 Å². The molecule has 6 nitrogen and oxygen atoms in total. The second kappa shape index (κ2) is 10.7. The summed E-state index contributed by atoms with van der Waals surface area (Å²) in [5.41, 5.74) is 14.6. The first-order valence-electron chi connectivity index (χ1n) is 12.3. The van der Waals surface area contributed by atoms with E-state index in [1.807, 2.05) is 12.1 Å². The number of hydrogen-bond acceptors (Lipinski definition) is 5. The van der Waals surface area contributed by atoms with Crippen molar-refractivity contribution in [3.8, 4) is 0 Å². The van der Waals surface area contributed by atoms with Gasteiger partial charge in [0.25, 0.3) is 0 Å². The number of carbonyl (C=O) groups excluding carboxylic acids is 1. The van der Waals surface area contributed by atoms with Crippen molar-refractivity contribution in [2.45, 2.75) is 32.1 Å². The summed E-state index contributed by atoms with van der Waals surface area (Å²) in [5.74, 6) is -0.0261. The van der Waals surface area contributed by atoms with Gasteiger partial charge in [0.2, 0.25) is 5.91 Å². The molecule has 0 spiro atoms. The quantitative estimate of drug-likeness (QED) is 0.657. The molecule has 0 radical (unpaired) electrons. The highest BCUT2D eigenvalue weighted by Gasteiger charge is 2.29. The molecular weight excluding hydrogens is 492 g/mol. The summed E-state index contributed by atoms with van der Waals surface area (Å²) >= 11 is 0. The van der Waals surface area contributed by atoms with Crippen LogP contribution in [0.4, 0.5) is 11.4 Å². The predicted octanol–water partition coefficient (Wildman–Crippen LogP) is 3.53. The number of aryl methyl sites for hydroxylation is 1. The molecule has 0 saturated carbocycles. The van der Waals surface area contributed by atoms with Gasteiger partial charge < -0.3 is 25.2 Å². The fourth-order valence-electron chi connectivity index (χ4n) is 5.78. The van der Waals surface area contributed by atoms with E-state index in [-0.39, 0.29) is 22.9 Å². The van der Waals surface area contributed by atoms with E-state index >= 15 is 0 Å². The van der Waals surface area contributed by atoms with Gasteiger partial charge >= 0.3 is 0 Å². The van der Waals surface area contributed by atoms with Crippen LogP contribution in [0.3, 0.4) is 0 Å². The topological polar surface area (TPSA) is 62.0 Å². The van der Waals surface area contributed by atoms with Crippen molar-refractivity contribution >= 4 is 34.3 Å². The Hall–Kier alpha value is -2.09. The number of halogens is 1. The molecule has 1 atom stereocenters. The summed E-state index contributed by atoms with van der Waals surface area (Å²) in [6.07, 6.45) is 3.06. The summed E-state index contributed by atoms with van der Waals surface area (Å²) in [6, 6.07) is 10.8. The number of nitrogens with two attached hydrogens (primary N) is 1. The van der Waals surface area contributed by atoms with Gasteiger partial charge in [0, 0.05) is 56.2 Å². The standard InChI is InChI=1S/C27H36N4O2.BrH/c1-19-3-8-26(31-11-9-29(2)10-12-31)25-17-20(4-6-22(19)25)24-18-21(5-7-23(24)27(28)32)30-13-15-33-16-14-30;/h3,5,7-8,18,20H,4,6,9-17H2,1-2H3,(H2,28,32);1H. The summed E-state index contributed by atoms with van der Waals surface area (Å²) in [5, 5.41) is 0. The lowest BCUT2D eigenvalue weighted by Crippen LogP contribution is -2.45. The first-order valence-corrected chi connectivity index (χ1v) is 12.3. The SMILES string of the molecule is Br.Cc1ccc(N2CCN(C)CC2)c2c1CCC(c1cc(N3CCOCC3)ccc1C(N)=O)C2. The van der Waals surface area contributed by atoms with Crippen LogP contribution in [-0.4, -0.2) is 70.3 Å². The Bertz CT molecular complexity index is 1030. The molecule has 34 heavy (non-hydrogen) atoms. The van der Waals surface area contributed by atoms with E-state index in [9.17, 15) is 4.79 Å². The number of benzene rings is 2. The molecule has 2 fully saturated rings. The maximum atomic E-state index is 12.4. The minimum atomic E-state index is -0.326. The first-order chi connectivity index (χ1) is 16.0. The molecule has 1 aliphatic carbocycles. The summed E-state index contributed by atoms with van der Waals surface area (Å²) < 4.78 is 5.53. The zero-order valence-corrected chi connectivity index (χ0v) is 22.1. The number of hydrogen-bond donors (Lipinski definition) is 1. The van der Waals surface area contributed by atoms with Crippen molar-refractivity contribution in [3.05, 3.63) is 58.1 Å². The van der Waals surface area contributed by atoms with Crippen LogP contribution in [-0.2, 0) is 17.6 Å². The van der Waals surface area contributed by atoms with E-state index in [2.05, 4.69) is 46.9 Å². The second-order valence-electron chi connectivity index (χ2n) is 9.82. The molecule has 2 heterocycles. The van der Waals surface area contributed by atoms with Gasteiger partial charge in [-0.1, -0.05) is 6.07 Å². The van der Waals surface area contributed by atoms with Crippen LogP contribution >= 0.6 is 17.0 Å². The number of carbonyl (C=O) groups is 1. The van der Waals surface area contributed by atoms with E-state index in [0.717, 1.165) is 77.3 Å². The van der Waals surface area contributed by atoms with Gasteiger partial charge in [-0.2, -0.15) is 0 Å². The predicted molar refractivity (Wildman–Crippen MR) is 144 cm³/mol. The molecule has 2 aromatic rings. The Morgan fingerprint density at radius 3 is 2.41 bits per heavy atom. The Morgan fingerprint density at radius 1 is 0.971 bits per heavy atom. The molecule has 2 saturated heterocycles. The summed E-state index contributed by atoms with van der Waals surface area (Å²) in [4.78, 5) is 19.7. The van der Waals surface area contributed by atoms with Gasteiger partial charge in [0.15, 0.2) is 0 Å². The number of morpholine rings is 1. The Morgan fingerprint density at radius 2 is 1.71 bits per heavy atom. The monoisotopic (exact) mass is 528 g/mol. The van der Waals surface area contributed by atoms with Crippen LogP contribution in [0.1, 0.15) is 45.0 Å². The maximum absolute atomic E-state index is 12.4. The van der Waals surface area contributed by atoms with Gasteiger partial charge in [-0.15, -0.1) is 17.0 Å². The minimum Gasteiger partial charge on any atom is -0.378 e. The number of likely N-dealkylation sites (N-methyl/N-ethyl adjacent to an activating group) is 1. The van der Waals surface area contributed by atoms with Crippen LogP contribution in [0.2, 0.25) is 0 Å². The number of ether oxygens (including phenoxy) is 1. The molecule has 5 rings (SSSR count). The molecule has 184 valence electrons. The van der Waals surface area contributed by atoms with E-state index in [1.165, 1.54) is 28.1 Å². The molecule has 2 N–H and O–H groups in total. The lowest BCUT2D eigenvalue weighted by Gasteiger charge is -2.38. The van der Waals surface area contributed by atoms with Gasteiger partial charge in [0.05, 0.1) is 13.2 Å². The lowest BCUT2D eigenvalue weighted by molar-refractivity contribution is 0.0998. The normalized spacial score (nSPS) is 21.1. The van der Waals surface area contributed by atoms with Crippen LogP contribution < -0.4 is 15.5 Å². The third-order valence-corrected chi connectivity index (χ3v) is 7.79. The Kier molecular flexibility index (Phi) is 7.85. The zero-order chi connectivity index (χ0) is 22.9. The van der Waals surface area contributed by atoms with Crippen molar-refractivity contribution in [1.82, 2.24) is 4.90 Å². The van der Waals surface area contributed by atoms with Crippen molar-refractivity contribution in [1.29, 1.82) is 0 Å². The molecule has 2 aromatic carbocycles. The van der Waals surface area contributed by atoms with E-state index in [4.69, 9.17) is 10.5 Å². The fourth-order valence-corrected chi connectivity index (χ4v) is 5.78. The highest BCUT2D eigenvalue weighted by atomic mass is 79.9. The van der Waals surface area contributed by atoms with Crippen LogP contribution in [0.5, 0.6) is 0 Å². The third kappa shape index (κ3) is 4.97. The van der Waals surface area contributed by atoms with Crippen molar-refractivity contribution in [2.24, 2.45) is 5.73 Å². The first kappa shape index (κ1) is 25.0. The second-order valence-corrected chi connectivity index (χ2v) is 9.82. The van der Waals surface area contributed by atoms with Crippen molar-refractivity contribution in [2.75, 3.05) is 69.3 Å². The van der Waals surface area contributed by atoms with Crippen molar-refractivity contribution in [3.63, 3.8) is 0 Å².